The minimum Gasteiger partial charge on any atom is -0.497 e. The first-order chi connectivity index (χ1) is 17.6. The van der Waals surface area contributed by atoms with Crippen LogP contribution in [0.25, 0.3) is 5.70 Å². The highest BCUT2D eigenvalue weighted by Gasteiger charge is 2.39. The van der Waals surface area contributed by atoms with E-state index < -0.39 is 17.9 Å². The monoisotopic (exact) mass is 483 g/mol. The molecule has 0 radical (unpaired) electrons. The van der Waals surface area contributed by atoms with Crippen molar-refractivity contribution in [1.29, 1.82) is 0 Å². The number of methoxy groups -OCH3 is 1. The molecule has 184 valence electrons. The van der Waals surface area contributed by atoms with Crippen LogP contribution in [0.1, 0.15) is 30.9 Å². The van der Waals surface area contributed by atoms with Gasteiger partial charge in [0.25, 0.3) is 0 Å². The SMILES string of the molecule is CCOC(=O)C1=C(C(=O)OCC)N(c2ccccc2)C(c2ccc(OC)cc2)=CC1c1ccccc1. The molecule has 1 aliphatic rings. The fraction of sp³-hybridized carbons (Fsp3) is 0.200. The second kappa shape index (κ2) is 11.4. The molecule has 0 amide bonds. The first kappa shape index (κ1) is 24.8. The van der Waals surface area contributed by atoms with Crippen molar-refractivity contribution in [3.05, 3.63) is 113 Å². The van der Waals surface area contributed by atoms with Gasteiger partial charge in [-0.2, -0.15) is 0 Å². The maximum atomic E-state index is 13.6. The Kier molecular flexibility index (Phi) is 7.85. The molecule has 4 rings (SSSR count). The summed E-state index contributed by atoms with van der Waals surface area (Å²) in [5.74, 6) is -0.957. The van der Waals surface area contributed by atoms with Gasteiger partial charge in [0.15, 0.2) is 0 Å². The van der Waals surface area contributed by atoms with E-state index in [2.05, 4.69) is 0 Å². The second-order valence-electron chi connectivity index (χ2n) is 8.04. The molecule has 0 bridgehead atoms. The Morgan fingerprint density at radius 3 is 1.94 bits per heavy atom. The van der Waals surface area contributed by atoms with Gasteiger partial charge in [-0.25, -0.2) is 9.59 Å². The van der Waals surface area contributed by atoms with Crippen LogP contribution in [-0.4, -0.2) is 32.3 Å². The van der Waals surface area contributed by atoms with Gasteiger partial charge in [0.2, 0.25) is 0 Å². The van der Waals surface area contributed by atoms with Crippen molar-refractivity contribution < 1.29 is 23.8 Å². The number of hydrogen-bond donors (Lipinski definition) is 0. The van der Waals surface area contributed by atoms with E-state index in [1.807, 2.05) is 91.0 Å². The summed E-state index contributed by atoms with van der Waals surface area (Å²) in [5, 5.41) is 0. The third-order valence-corrected chi connectivity index (χ3v) is 5.88. The number of carbonyl (C=O) groups is 2. The number of anilines is 1. The zero-order chi connectivity index (χ0) is 25.5. The lowest BCUT2D eigenvalue weighted by atomic mass is 9.84. The zero-order valence-electron chi connectivity index (χ0n) is 20.6. The van der Waals surface area contributed by atoms with Gasteiger partial charge in [0.05, 0.1) is 31.6 Å². The van der Waals surface area contributed by atoms with Crippen molar-refractivity contribution >= 4 is 23.3 Å². The molecule has 36 heavy (non-hydrogen) atoms. The molecule has 1 unspecified atom stereocenters. The number of nitrogens with zero attached hydrogens (tertiary/aromatic N) is 1. The Morgan fingerprint density at radius 1 is 0.778 bits per heavy atom. The standard InChI is InChI=1S/C30H29NO5/c1-4-35-29(32)27-25(21-12-8-6-9-13-21)20-26(22-16-18-24(34-3)19-17-22)31(23-14-10-7-11-15-23)28(27)30(33)36-5-2/h6-20,25H,4-5H2,1-3H3. The fourth-order valence-corrected chi connectivity index (χ4v) is 4.29. The van der Waals surface area contributed by atoms with Crippen LogP contribution in [0.5, 0.6) is 5.75 Å². The van der Waals surface area contributed by atoms with E-state index in [9.17, 15) is 9.59 Å². The highest BCUT2D eigenvalue weighted by molar-refractivity contribution is 6.09. The van der Waals surface area contributed by atoms with Gasteiger partial charge < -0.3 is 19.1 Å². The summed E-state index contributed by atoms with van der Waals surface area (Å²) in [6.07, 6.45) is 2.00. The normalized spacial score (nSPS) is 15.2. The summed E-state index contributed by atoms with van der Waals surface area (Å²) < 4.78 is 16.3. The average Bonchev–Trinajstić information content (AvgIpc) is 2.93. The lowest BCUT2D eigenvalue weighted by molar-refractivity contribution is -0.142. The number of para-hydroxylation sites is 1. The molecular formula is C30H29NO5. The topological polar surface area (TPSA) is 65.1 Å². The van der Waals surface area contributed by atoms with Crippen LogP contribution in [0.15, 0.2) is 102 Å². The van der Waals surface area contributed by atoms with Gasteiger partial charge in [-0.3, -0.25) is 0 Å². The number of esters is 2. The molecule has 6 heteroatoms. The van der Waals surface area contributed by atoms with Crippen molar-refractivity contribution in [2.45, 2.75) is 19.8 Å². The fourth-order valence-electron chi connectivity index (χ4n) is 4.29. The van der Waals surface area contributed by atoms with Crippen molar-refractivity contribution in [2.75, 3.05) is 25.2 Å². The Bertz CT molecular complexity index is 1260. The first-order valence-corrected chi connectivity index (χ1v) is 11.9. The van der Waals surface area contributed by atoms with Crippen LogP contribution >= 0.6 is 0 Å². The molecule has 3 aromatic rings. The van der Waals surface area contributed by atoms with Crippen LogP contribution in [0.2, 0.25) is 0 Å². The maximum absolute atomic E-state index is 13.6. The molecule has 6 nitrogen and oxygen atoms in total. The average molecular weight is 484 g/mol. The van der Waals surface area contributed by atoms with Crippen LogP contribution in [-0.2, 0) is 19.1 Å². The van der Waals surface area contributed by atoms with E-state index >= 15 is 0 Å². The Labute approximate surface area is 211 Å². The third kappa shape index (κ3) is 5.03. The summed E-state index contributed by atoms with van der Waals surface area (Å²) in [5.41, 5.74) is 3.56. The molecule has 0 saturated heterocycles. The quantitative estimate of drug-likeness (QED) is 0.382. The van der Waals surface area contributed by atoms with E-state index in [0.717, 1.165) is 28.3 Å². The minimum absolute atomic E-state index is 0.142. The maximum Gasteiger partial charge on any atom is 0.355 e. The first-order valence-electron chi connectivity index (χ1n) is 11.9. The highest BCUT2D eigenvalue weighted by Crippen LogP contribution is 2.43. The molecule has 0 spiro atoms. The van der Waals surface area contributed by atoms with Gasteiger partial charge in [-0.05, 0) is 67.4 Å². The summed E-state index contributed by atoms with van der Waals surface area (Å²) in [6, 6.07) is 26.7. The number of hydrogen-bond acceptors (Lipinski definition) is 6. The van der Waals surface area contributed by atoms with Crippen LogP contribution < -0.4 is 9.64 Å². The number of carbonyl (C=O) groups excluding carboxylic acids is 2. The third-order valence-electron chi connectivity index (χ3n) is 5.88. The van der Waals surface area contributed by atoms with E-state index in [0.29, 0.717) is 0 Å². The Morgan fingerprint density at radius 2 is 1.36 bits per heavy atom. The summed E-state index contributed by atoms with van der Waals surface area (Å²) >= 11 is 0. The van der Waals surface area contributed by atoms with Gasteiger partial charge in [0, 0.05) is 11.6 Å². The van der Waals surface area contributed by atoms with Crippen molar-refractivity contribution in [3.8, 4) is 5.75 Å². The molecule has 1 heterocycles. The molecular weight excluding hydrogens is 454 g/mol. The Balaban J connectivity index is 2.04. The van der Waals surface area contributed by atoms with Crippen LogP contribution in [0, 0.1) is 0 Å². The molecule has 0 fully saturated rings. The largest absolute Gasteiger partial charge is 0.497 e. The number of rotatable bonds is 8. The molecule has 3 aromatic carbocycles. The van der Waals surface area contributed by atoms with Gasteiger partial charge in [-0.1, -0.05) is 48.5 Å². The predicted molar refractivity (Wildman–Crippen MR) is 139 cm³/mol. The summed E-state index contributed by atoms with van der Waals surface area (Å²) in [6.45, 7) is 3.84. The number of ether oxygens (including phenoxy) is 3. The highest BCUT2D eigenvalue weighted by atomic mass is 16.5. The zero-order valence-corrected chi connectivity index (χ0v) is 20.6. The molecule has 1 aliphatic heterocycles. The molecule has 0 aromatic heterocycles. The van der Waals surface area contributed by atoms with Gasteiger partial charge in [-0.15, -0.1) is 0 Å². The Hall–Kier alpha value is -4.32. The summed E-state index contributed by atoms with van der Waals surface area (Å²) in [7, 11) is 1.61. The van der Waals surface area contributed by atoms with E-state index in [4.69, 9.17) is 14.2 Å². The number of allylic oxidation sites excluding steroid dienone is 1. The lowest BCUT2D eigenvalue weighted by Gasteiger charge is -2.36. The smallest absolute Gasteiger partial charge is 0.355 e. The second-order valence-corrected chi connectivity index (χ2v) is 8.04. The van der Waals surface area contributed by atoms with Crippen LogP contribution in [0.3, 0.4) is 0 Å². The molecule has 0 aliphatic carbocycles. The summed E-state index contributed by atoms with van der Waals surface area (Å²) in [4.78, 5) is 28.8. The minimum atomic E-state index is -0.593. The van der Waals surface area contributed by atoms with Crippen LogP contribution in [0.4, 0.5) is 5.69 Å². The molecule has 0 saturated carbocycles. The van der Waals surface area contributed by atoms with Crippen molar-refractivity contribution in [3.63, 3.8) is 0 Å². The van der Waals surface area contributed by atoms with E-state index in [1.165, 1.54) is 0 Å². The van der Waals surface area contributed by atoms with Crippen molar-refractivity contribution in [1.82, 2.24) is 0 Å². The van der Waals surface area contributed by atoms with E-state index in [-0.39, 0.29) is 24.5 Å². The lowest BCUT2D eigenvalue weighted by Crippen LogP contribution is -2.36. The predicted octanol–water partition coefficient (Wildman–Crippen LogP) is 5.72. The van der Waals surface area contributed by atoms with Gasteiger partial charge >= 0.3 is 11.9 Å². The van der Waals surface area contributed by atoms with Gasteiger partial charge in [0.1, 0.15) is 11.4 Å². The molecule has 0 N–H and O–H groups in total. The molecule has 1 atom stereocenters. The van der Waals surface area contributed by atoms with Crippen molar-refractivity contribution in [2.24, 2.45) is 0 Å². The number of benzene rings is 3. The van der Waals surface area contributed by atoms with E-state index in [1.54, 1.807) is 25.9 Å².